The van der Waals surface area contributed by atoms with E-state index in [1.54, 1.807) is 0 Å². The van der Waals surface area contributed by atoms with Gasteiger partial charge in [-0.1, -0.05) is 27.7 Å². The minimum atomic E-state index is 0.381. The largest absolute Gasteiger partial charge is 0.342 e. The molecule has 1 amide bonds. The molecule has 1 saturated heterocycles. The van der Waals surface area contributed by atoms with Gasteiger partial charge in [0.2, 0.25) is 5.91 Å². The van der Waals surface area contributed by atoms with E-state index in [1.165, 1.54) is 0 Å². The number of hydrogen-bond acceptors (Lipinski definition) is 1. The molecule has 1 saturated carbocycles. The van der Waals surface area contributed by atoms with Crippen LogP contribution in [0.15, 0.2) is 0 Å². The highest BCUT2D eigenvalue weighted by molar-refractivity contribution is 5.76. The molecule has 2 atom stereocenters. The topological polar surface area (TPSA) is 20.3 Å². The maximum atomic E-state index is 11.9. The van der Waals surface area contributed by atoms with Crippen LogP contribution in [-0.2, 0) is 4.79 Å². The van der Waals surface area contributed by atoms with E-state index in [-0.39, 0.29) is 0 Å². The molecule has 1 unspecified atom stereocenters. The number of rotatable bonds is 3. The Labute approximate surface area is 106 Å². The van der Waals surface area contributed by atoms with Crippen LogP contribution in [0.4, 0.5) is 0 Å². The molecule has 96 valence electrons. The Morgan fingerprint density at radius 2 is 1.76 bits per heavy atom. The Morgan fingerprint density at radius 3 is 2.18 bits per heavy atom. The monoisotopic (exact) mass is 235 g/mol. The zero-order valence-electron chi connectivity index (χ0n) is 11.6. The lowest BCUT2D eigenvalue weighted by atomic mass is 10.0. The molecule has 17 heavy (non-hydrogen) atoms. The Balaban J connectivity index is 0.000000686. The van der Waals surface area contributed by atoms with Crippen molar-refractivity contribution in [1.82, 2.24) is 4.90 Å². The minimum Gasteiger partial charge on any atom is -0.342 e. The molecule has 1 heterocycles. The van der Waals surface area contributed by atoms with E-state index in [4.69, 9.17) is 0 Å². The molecule has 0 aromatic heterocycles. The number of nitrogens with zero attached hydrogens (tertiary/aromatic N) is 1. The second-order valence-corrected chi connectivity index (χ2v) is 6.27. The van der Waals surface area contributed by atoms with Crippen molar-refractivity contribution in [3.63, 3.8) is 0 Å². The van der Waals surface area contributed by atoms with Crippen molar-refractivity contribution in [2.24, 2.45) is 23.2 Å². The molecule has 0 bridgehead atoms. The van der Waals surface area contributed by atoms with Crippen LogP contribution < -0.4 is 0 Å². The Morgan fingerprint density at radius 1 is 1.29 bits per heavy atom. The number of likely N-dealkylation sites (tertiary alicyclic amines) is 1. The van der Waals surface area contributed by atoms with E-state index in [0.29, 0.717) is 17.2 Å². The fourth-order valence-corrected chi connectivity index (χ4v) is 2.91. The predicted molar refractivity (Wildman–Crippen MR) is 71.3 cm³/mol. The molecule has 0 N–H and O–H groups in total. The summed E-state index contributed by atoms with van der Waals surface area (Å²) in [4.78, 5) is 13.9. The number of carbonyl (C=O) groups is 1. The molecule has 0 aromatic carbocycles. The van der Waals surface area contributed by atoms with Gasteiger partial charge in [-0.05, 0) is 29.6 Å². The van der Waals surface area contributed by atoms with Gasteiger partial charge in [-0.3, -0.25) is 4.79 Å². The second-order valence-electron chi connectivity index (χ2n) is 6.27. The van der Waals surface area contributed by atoms with Gasteiger partial charge in [-0.2, -0.15) is 0 Å². The van der Waals surface area contributed by atoms with Crippen LogP contribution in [0, 0.1) is 36.0 Å². The van der Waals surface area contributed by atoms with Crippen molar-refractivity contribution in [1.29, 1.82) is 0 Å². The molecule has 2 fully saturated rings. The van der Waals surface area contributed by atoms with Crippen LogP contribution >= 0.6 is 0 Å². The van der Waals surface area contributed by atoms with E-state index in [1.807, 2.05) is 0 Å². The third-order valence-corrected chi connectivity index (χ3v) is 4.41. The smallest absolute Gasteiger partial charge is 0.222 e. The van der Waals surface area contributed by atoms with Crippen LogP contribution in [0.5, 0.6) is 0 Å². The molecule has 2 heteroatoms. The molecule has 2 rings (SSSR count). The lowest BCUT2D eigenvalue weighted by Crippen LogP contribution is -2.32. The van der Waals surface area contributed by atoms with Gasteiger partial charge in [0.25, 0.3) is 0 Å². The summed E-state index contributed by atoms with van der Waals surface area (Å²) in [7, 11) is 0. The Bertz CT molecular complexity index is 289. The minimum absolute atomic E-state index is 0.381. The van der Waals surface area contributed by atoms with Crippen molar-refractivity contribution in [2.45, 2.75) is 40.5 Å². The van der Waals surface area contributed by atoms with Crippen molar-refractivity contribution >= 4 is 5.91 Å². The molecule has 0 radical (unpaired) electrons. The van der Waals surface area contributed by atoms with Gasteiger partial charge in [0.05, 0.1) is 0 Å². The first kappa shape index (κ1) is 14.1. The number of piperidine rings is 1. The maximum Gasteiger partial charge on any atom is 0.222 e. The number of hydrogen-bond donors (Lipinski definition) is 0. The average Bonchev–Trinajstić information content (AvgIpc) is 2.72. The first-order valence-electron chi connectivity index (χ1n) is 6.54. The molecule has 2 nitrogen and oxygen atoms in total. The molecular formula is C15H25NO. The van der Waals surface area contributed by atoms with Crippen molar-refractivity contribution in [3.8, 4) is 12.8 Å². The summed E-state index contributed by atoms with van der Waals surface area (Å²) in [5.41, 5.74) is 0.523. The van der Waals surface area contributed by atoms with Gasteiger partial charge in [0, 0.05) is 19.5 Å². The van der Waals surface area contributed by atoms with E-state index in [0.717, 1.165) is 37.8 Å². The van der Waals surface area contributed by atoms with E-state index in [2.05, 4.69) is 45.4 Å². The summed E-state index contributed by atoms with van der Waals surface area (Å²) in [6.45, 7) is 11.1. The standard InChI is InChI=1S/C13H23NO.C2H2/c1-9(2)5-6-12(15)14-7-10-11(8-14)13(10,3)4;1-2/h9-11H,5-8H2,1-4H3;1-2H/t10-,11?;/m0./s1. The van der Waals surface area contributed by atoms with Crippen LogP contribution in [-0.4, -0.2) is 23.9 Å². The van der Waals surface area contributed by atoms with E-state index in [9.17, 15) is 4.79 Å². The SMILES string of the molecule is C#C.CC(C)CCC(=O)N1CC2[C@H](C1)C2(C)C. The third kappa shape index (κ3) is 2.83. The van der Waals surface area contributed by atoms with Crippen molar-refractivity contribution in [2.75, 3.05) is 13.1 Å². The molecule has 2 aliphatic rings. The van der Waals surface area contributed by atoms with E-state index >= 15 is 0 Å². The van der Waals surface area contributed by atoms with E-state index < -0.39 is 0 Å². The lowest BCUT2D eigenvalue weighted by molar-refractivity contribution is -0.131. The normalized spacial score (nSPS) is 28.3. The van der Waals surface area contributed by atoms with Crippen LogP contribution in [0.1, 0.15) is 40.5 Å². The summed E-state index contributed by atoms with van der Waals surface area (Å²) >= 11 is 0. The zero-order chi connectivity index (χ0) is 13.2. The number of amides is 1. The average molecular weight is 235 g/mol. The summed E-state index contributed by atoms with van der Waals surface area (Å²) in [6, 6.07) is 0. The first-order chi connectivity index (χ1) is 7.93. The summed E-state index contributed by atoms with van der Waals surface area (Å²) in [5, 5.41) is 0. The van der Waals surface area contributed by atoms with Crippen LogP contribution in [0.25, 0.3) is 0 Å². The Hall–Kier alpha value is -0.970. The predicted octanol–water partition coefficient (Wildman–Crippen LogP) is 2.79. The van der Waals surface area contributed by atoms with Gasteiger partial charge in [0.1, 0.15) is 0 Å². The maximum absolute atomic E-state index is 11.9. The lowest BCUT2D eigenvalue weighted by Gasteiger charge is -2.22. The molecule has 1 aliphatic heterocycles. The van der Waals surface area contributed by atoms with Gasteiger partial charge < -0.3 is 4.90 Å². The summed E-state index contributed by atoms with van der Waals surface area (Å²) < 4.78 is 0. The van der Waals surface area contributed by atoms with Gasteiger partial charge >= 0.3 is 0 Å². The molecule has 0 spiro atoms. The molecule has 0 aromatic rings. The fraction of sp³-hybridized carbons (Fsp3) is 0.800. The van der Waals surface area contributed by atoms with Crippen molar-refractivity contribution in [3.05, 3.63) is 0 Å². The highest BCUT2D eigenvalue weighted by Gasteiger charge is 2.62. The third-order valence-electron chi connectivity index (χ3n) is 4.41. The summed E-state index contributed by atoms with van der Waals surface area (Å²) in [5.74, 6) is 2.61. The highest BCUT2D eigenvalue weighted by atomic mass is 16.2. The highest BCUT2D eigenvalue weighted by Crippen LogP contribution is 2.61. The first-order valence-corrected chi connectivity index (χ1v) is 6.54. The zero-order valence-corrected chi connectivity index (χ0v) is 11.6. The second kappa shape index (κ2) is 5.12. The van der Waals surface area contributed by atoms with Gasteiger partial charge in [-0.15, -0.1) is 12.8 Å². The van der Waals surface area contributed by atoms with Gasteiger partial charge in [0.15, 0.2) is 0 Å². The van der Waals surface area contributed by atoms with Crippen LogP contribution in [0.2, 0.25) is 0 Å². The molecule has 1 aliphatic carbocycles. The number of terminal acetylenes is 1. The number of fused-ring (bicyclic) bond motifs is 1. The molecular weight excluding hydrogens is 210 g/mol. The number of carbonyl (C=O) groups excluding carboxylic acids is 1. The van der Waals surface area contributed by atoms with Crippen molar-refractivity contribution < 1.29 is 4.79 Å². The fourth-order valence-electron chi connectivity index (χ4n) is 2.91. The summed E-state index contributed by atoms with van der Waals surface area (Å²) in [6.07, 6.45) is 9.78. The Kier molecular flexibility index (Phi) is 4.25. The quantitative estimate of drug-likeness (QED) is 0.689. The van der Waals surface area contributed by atoms with Gasteiger partial charge in [-0.25, -0.2) is 0 Å². The van der Waals surface area contributed by atoms with Crippen LogP contribution in [0.3, 0.4) is 0 Å².